The molecule has 0 saturated carbocycles. The van der Waals surface area contributed by atoms with Crippen molar-refractivity contribution in [3.8, 4) is 0 Å². The number of aliphatic carboxylic acids is 3. The highest BCUT2D eigenvalue weighted by molar-refractivity contribution is 5.90. The third-order valence-corrected chi connectivity index (χ3v) is 1.72. The second-order valence-corrected chi connectivity index (χ2v) is 3.20. The maximum Gasteiger partial charge on any atom is 0.326 e. The molecule has 110 valence electrons. The zero-order chi connectivity index (χ0) is 15.6. The van der Waals surface area contributed by atoms with Gasteiger partial charge in [0.2, 0.25) is 5.91 Å². The Morgan fingerprint density at radius 2 is 1.42 bits per heavy atom. The molecule has 0 spiro atoms. The molecule has 0 fully saturated rings. The molecule has 9 nitrogen and oxygen atoms in total. The minimum Gasteiger partial charge on any atom is -0.481 e. The summed E-state index contributed by atoms with van der Waals surface area (Å²) >= 11 is 0. The molecule has 2 unspecified atom stereocenters. The highest BCUT2D eigenvalue weighted by atomic mass is 16.4. The van der Waals surface area contributed by atoms with Crippen molar-refractivity contribution in [3.05, 3.63) is 0 Å². The third-order valence-electron chi connectivity index (χ3n) is 1.72. The summed E-state index contributed by atoms with van der Waals surface area (Å²) in [4.78, 5) is 42.3. The minimum atomic E-state index is -1.64. The zero-order valence-corrected chi connectivity index (χ0v) is 10.6. The van der Waals surface area contributed by atoms with Crippen molar-refractivity contribution in [2.45, 2.75) is 38.8 Å². The number of carbonyl (C=O) groups excluding carboxylic acids is 1. The van der Waals surface area contributed by atoms with Crippen molar-refractivity contribution in [1.82, 2.24) is 5.32 Å². The fourth-order valence-corrected chi connectivity index (χ4v) is 0.934. The molecule has 0 heterocycles. The Morgan fingerprint density at radius 1 is 1.00 bits per heavy atom. The van der Waals surface area contributed by atoms with Crippen LogP contribution >= 0.6 is 0 Å². The van der Waals surface area contributed by atoms with Crippen molar-refractivity contribution < 1.29 is 34.5 Å². The van der Waals surface area contributed by atoms with Crippen LogP contribution in [0.3, 0.4) is 0 Å². The maximum absolute atomic E-state index is 11.2. The number of carboxylic acid groups (broad SMARTS) is 3. The molecule has 0 aromatic carbocycles. The van der Waals surface area contributed by atoms with Gasteiger partial charge in [-0.1, -0.05) is 13.8 Å². The normalized spacial score (nSPS) is 12.4. The Hall–Kier alpha value is -2.16. The van der Waals surface area contributed by atoms with Crippen molar-refractivity contribution >= 4 is 23.8 Å². The summed E-state index contributed by atoms with van der Waals surface area (Å²) in [5, 5.41) is 27.2. The molecule has 0 aliphatic rings. The lowest BCUT2D eigenvalue weighted by Gasteiger charge is -2.15. The number of hydrogen-bond acceptors (Lipinski definition) is 5. The predicted molar refractivity (Wildman–Crippen MR) is 63.4 cm³/mol. The Morgan fingerprint density at radius 3 is 1.74 bits per heavy atom. The number of hydrogen-bond donors (Lipinski definition) is 5. The van der Waals surface area contributed by atoms with E-state index >= 15 is 0 Å². The molecule has 0 aromatic heterocycles. The summed E-state index contributed by atoms with van der Waals surface area (Å²) in [5.74, 6) is -5.30. The fourth-order valence-electron chi connectivity index (χ4n) is 0.934. The van der Waals surface area contributed by atoms with Crippen LogP contribution in [0.5, 0.6) is 0 Å². The van der Waals surface area contributed by atoms with Gasteiger partial charge in [0.05, 0.1) is 18.9 Å². The Balaban J connectivity index is 0. The van der Waals surface area contributed by atoms with Crippen molar-refractivity contribution in [1.29, 1.82) is 0 Å². The molecule has 1 amide bonds. The van der Waals surface area contributed by atoms with E-state index < -0.39 is 48.7 Å². The standard InChI is InChI=1S/C8H12N2O7.C2H6/c9-3(1-5(11)12)7(15)10-4(8(16)17)2-6(13)14;1-2/h3-4H,1-2,9H2,(H,10,15)(H,11,12)(H,13,14)(H,16,17);1-2H3. The molecule has 2 atom stereocenters. The number of nitrogens with one attached hydrogen (secondary N) is 1. The minimum absolute atomic E-state index is 0.675. The molecule has 0 saturated heterocycles. The van der Waals surface area contributed by atoms with Gasteiger partial charge in [0, 0.05) is 0 Å². The summed E-state index contributed by atoms with van der Waals surface area (Å²) in [7, 11) is 0. The second kappa shape index (κ2) is 9.83. The van der Waals surface area contributed by atoms with Gasteiger partial charge in [-0.2, -0.15) is 0 Å². The molecule has 0 radical (unpaired) electrons. The molecule has 0 rings (SSSR count). The molecule has 9 heteroatoms. The lowest BCUT2D eigenvalue weighted by atomic mass is 10.1. The molecular weight excluding hydrogens is 260 g/mol. The molecular formula is C10H18N2O7. The SMILES string of the molecule is CC.NC(CC(=O)O)C(=O)NC(CC(=O)O)C(=O)O. The summed E-state index contributed by atoms with van der Waals surface area (Å²) in [6.45, 7) is 4.00. The lowest BCUT2D eigenvalue weighted by molar-refractivity contribution is -0.147. The summed E-state index contributed by atoms with van der Waals surface area (Å²) in [6.07, 6.45) is -1.49. The van der Waals surface area contributed by atoms with Gasteiger partial charge in [-0.05, 0) is 0 Å². The van der Waals surface area contributed by atoms with E-state index in [4.69, 9.17) is 21.1 Å². The molecule has 0 bridgehead atoms. The second-order valence-electron chi connectivity index (χ2n) is 3.20. The van der Waals surface area contributed by atoms with Crippen LogP contribution in [0, 0.1) is 0 Å². The van der Waals surface area contributed by atoms with E-state index in [1.807, 2.05) is 19.2 Å². The maximum atomic E-state index is 11.2. The Bertz CT molecular complexity index is 343. The summed E-state index contributed by atoms with van der Waals surface area (Å²) in [5.41, 5.74) is 5.16. The highest BCUT2D eigenvalue weighted by Gasteiger charge is 2.26. The van der Waals surface area contributed by atoms with Crippen LogP contribution in [0.25, 0.3) is 0 Å². The van der Waals surface area contributed by atoms with Crippen molar-refractivity contribution in [3.63, 3.8) is 0 Å². The van der Waals surface area contributed by atoms with E-state index in [-0.39, 0.29) is 0 Å². The van der Waals surface area contributed by atoms with E-state index in [2.05, 4.69) is 0 Å². The van der Waals surface area contributed by atoms with Crippen LogP contribution in [-0.2, 0) is 19.2 Å². The van der Waals surface area contributed by atoms with Gasteiger partial charge in [0.25, 0.3) is 0 Å². The van der Waals surface area contributed by atoms with Gasteiger partial charge >= 0.3 is 17.9 Å². The first-order valence-electron chi connectivity index (χ1n) is 5.46. The predicted octanol–water partition coefficient (Wildman–Crippen LogP) is -1.14. The molecule has 0 aliphatic heterocycles. The van der Waals surface area contributed by atoms with E-state index in [0.29, 0.717) is 0 Å². The first kappa shape index (κ1) is 19.2. The quantitative estimate of drug-likeness (QED) is 0.389. The number of amides is 1. The Labute approximate surface area is 109 Å². The monoisotopic (exact) mass is 278 g/mol. The van der Waals surface area contributed by atoms with Gasteiger partial charge in [-0.25, -0.2) is 4.79 Å². The number of nitrogens with two attached hydrogens (primary N) is 1. The first-order chi connectivity index (χ1) is 8.73. The van der Waals surface area contributed by atoms with Gasteiger partial charge in [0.15, 0.2) is 0 Å². The Kier molecular flexibility index (Phi) is 9.92. The highest BCUT2D eigenvalue weighted by Crippen LogP contribution is 1.96. The molecule has 0 aliphatic carbocycles. The van der Waals surface area contributed by atoms with Crippen LogP contribution in [0.2, 0.25) is 0 Å². The van der Waals surface area contributed by atoms with E-state index in [1.165, 1.54) is 0 Å². The van der Waals surface area contributed by atoms with Crippen LogP contribution in [-0.4, -0.2) is 51.2 Å². The topological polar surface area (TPSA) is 167 Å². The largest absolute Gasteiger partial charge is 0.481 e. The first-order valence-corrected chi connectivity index (χ1v) is 5.46. The molecule has 19 heavy (non-hydrogen) atoms. The average molecular weight is 278 g/mol. The summed E-state index contributed by atoms with van der Waals surface area (Å²) in [6, 6.07) is -3.07. The van der Waals surface area contributed by atoms with Crippen LogP contribution < -0.4 is 11.1 Å². The number of carboxylic acids is 3. The third kappa shape index (κ3) is 9.53. The van der Waals surface area contributed by atoms with E-state index in [9.17, 15) is 19.2 Å². The summed E-state index contributed by atoms with van der Waals surface area (Å²) < 4.78 is 0. The smallest absolute Gasteiger partial charge is 0.326 e. The lowest BCUT2D eigenvalue weighted by Crippen LogP contribution is -2.49. The van der Waals surface area contributed by atoms with Crippen molar-refractivity contribution in [2.75, 3.05) is 0 Å². The zero-order valence-electron chi connectivity index (χ0n) is 10.6. The molecule has 6 N–H and O–H groups in total. The average Bonchev–Trinajstić information content (AvgIpc) is 2.29. The van der Waals surface area contributed by atoms with Gasteiger partial charge in [0.1, 0.15) is 6.04 Å². The van der Waals surface area contributed by atoms with Crippen LogP contribution in [0.15, 0.2) is 0 Å². The fraction of sp³-hybridized carbons (Fsp3) is 0.600. The van der Waals surface area contributed by atoms with Crippen LogP contribution in [0.4, 0.5) is 0 Å². The van der Waals surface area contributed by atoms with Crippen molar-refractivity contribution in [2.24, 2.45) is 5.73 Å². The number of rotatable bonds is 7. The van der Waals surface area contributed by atoms with E-state index in [0.717, 1.165) is 0 Å². The van der Waals surface area contributed by atoms with E-state index in [1.54, 1.807) is 0 Å². The van der Waals surface area contributed by atoms with Gasteiger partial charge in [-0.3, -0.25) is 14.4 Å². The number of carbonyl (C=O) groups is 4. The van der Waals surface area contributed by atoms with Crippen LogP contribution in [0.1, 0.15) is 26.7 Å². The molecule has 0 aromatic rings. The van der Waals surface area contributed by atoms with Gasteiger partial charge in [-0.15, -0.1) is 0 Å². The van der Waals surface area contributed by atoms with Gasteiger partial charge < -0.3 is 26.4 Å².